The van der Waals surface area contributed by atoms with Crippen LogP contribution in [-0.2, 0) is 28.7 Å². The van der Waals surface area contributed by atoms with Gasteiger partial charge in [0.25, 0.3) is 0 Å². The van der Waals surface area contributed by atoms with Crippen molar-refractivity contribution in [1.29, 1.82) is 0 Å². The molecule has 8 nitrogen and oxygen atoms in total. The van der Waals surface area contributed by atoms with E-state index in [0.29, 0.717) is 13.2 Å². The van der Waals surface area contributed by atoms with E-state index in [9.17, 15) is 9.59 Å². The smallest absolute Gasteiger partial charge is 0.429 e. The summed E-state index contributed by atoms with van der Waals surface area (Å²) in [4.78, 5) is 29.9. The topological polar surface area (TPSA) is 89.5 Å². The summed E-state index contributed by atoms with van der Waals surface area (Å²) in [7, 11) is 0. The average molecular weight is 290 g/mol. The van der Waals surface area contributed by atoms with Gasteiger partial charge in [0.05, 0.1) is 26.4 Å². The lowest BCUT2D eigenvalue weighted by molar-refractivity contribution is -0.219. The summed E-state index contributed by atoms with van der Waals surface area (Å²) in [5.74, 6) is 0. The van der Waals surface area contributed by atoms with Gasteiger partial charge in [-0.1, -0.05) is 12.2 Å². The van der Waals surface area contributed by atoms with Crippen LogP contribution in [-0.4, -0.2) is 52.0 Å². The molecule has 0 bridgehead atoms. The maximum absolute atomic E-state index is 10.9. The molecule has 0 heterocycles. The largest absolute Gasteiger partial charge is 0.550 e. The molecule has 0 saturated carbocycles. The van der Waals surface area contributed by atoms with Crippen LogP contribution in [0.4, 0.5) is 9.59 Å². The van der Waals surface area contributed by atoms with E-state index in [-0.39, 0.29) is 26.4 Å². The number of ether oxygens (including phenoxy) is 4. The van der Waals surface area contributed by atoms with Gasteiger partial charge in [-0.05, 0) is 0 Å². The predicted octanol–water partition coefficient (Wildman–Crippen LogP) is 1.61. The average Bonchev–Trinajstić information content (AvgIpc) is 2.44. The standard InChI is InChI=1S/C12H18O8/c1-3-5-15-7-9-17-11(13)19-20-12(14)18-10-8-16-6-4-2/h3-4H,1-2,5-10H2. The minimum atomic E-state index is -1.17. The molecule has 0 aliphatic heterocycles. The van der Waals surface area contributed by atoms with Gasteiger partial charge in [0.2, 0.25) is 0 Å². The first-order valence-electron chi connectivity index (χ1n) is 5.76. The highest BCUT2D eigenvalue weighted by atomic mass is 17.3. The fourth-order valence-electron chi connectivity index (χ4n) is 0.817. The molecule has 0 aliphatic rings. The molecule has 0 aromatic heterocycles. The molecule has 0 spiro atoms. The van der Waals surface area contributed by atoms with E-state index >= 15 is 0 Å². The Morgan fingerprint density at radius 3 is 1.50 bits per heavy atom. The first-order chi connectivity index (χ1) is 9.70. The van der Waals surface area contributed by atoms with Crippen molar-refractivity contribution in [3.8, 4) is 0 Å². The van der Waals surface area contributed by atoms with Gasteiger partial charge in [0, 0.05) is 0 Å². The van der Waals surface area contributed by atoms with Gasteiger partial charge in [0.1, 0.15) is 13.2 Å². The third-order valence-electron chi connectivity index (χ3n) is 1.54. The van der Waals surface area contributed by atoms with E-state index in [0.717, 1.165) is 0 Å². The van der Waals surface area contributed by atoms with Crippen LogP contribution in [0.5, 0.6) is 0 Å². The first kappa shape index (κ1) is 17.9. The lowest BCUT2D eigenvalue weighted by Gasteiger charge is -2.05. The summed E-state index contributed by atoms with van der Waals surface area (Å²) < 4.78 is 18.9. The van der Waals surface area contributed by atoms with Crippen molar-refractivity contribution in [3.05, 3.63) is 25.3 Å². The summed E-state index contributed by atoms with van der Waals surface area (Å²) in [5, 5.41) is 0. The zero-order valence-corrected chi connectivity index (χ0v) is 11.1. The molecule has 114 valence electrons. The molecule has 0 amide bonds. The molecule has 0 fully saturated rings. The summed E-state index contributed by atoms with van der Waals surface area (Å²) in [6.07, 6.45) is 0.756. The summed E-state index contributed by atoms with van der Waals surface area (Å²) in [6, 6.07) is 0. The van der Waals surface area contributed by atoms with Crippen molar-refractivity contribution < 1.29 is 38.3 Å². The summed E-state index contributed by atoms with van der Waals surface area (Å²) in [5.41, 5.74) is 0. The zero-order valence-electron chi connectivity index (χ0n) is 11.1. The Kier molecular flexibility index (Phi) is 12.0. The van der Waals surface area contributed by atoms with Gasteiger partial charge in [-0.25, -0.2) is 0 Å². The van der Waals surface area contributed by atoms with Crippen LogP contribution in [0, 0.1) is 0 Å². The lowest BCUT2D eigenvalue weighted by Crippen LogP contribution is -2.17. The Labute approximate surface area is 116 Å². The molecule has 20 heavy (non-hydrogen) atoms. The van der Waals surface area contributed by atoms with Crippen LogP contribution >= 0.6 is 0 Å². The third kappa shape index (κ3) is 12.4. The molecule has 0 N–H and O–H groups in total. The molecule has 0 rings (SSSR count). The second-order valence-electron chi connectivity index (χ2n) is 3.09. The molecular weight excluding hydrogens is 272 g/mol. The maximum Gasteiger partial charge on any atom is 0.550 e. The van der Waals surface area contributed by atoms with E-state index in [2.05, 4.69) is 32.4 Å². The minimum absolute atomic E-state index is 0.0412. The quantitative estimate of drug-likeness (QED) is 0.197. The predicted molar refractivity (Wildman–Crippen MR) is 66.9 cm³/mol. The second kappa shape index (κ2) is 13.4. The Bertz CT molecular complexity index is 272. The first-order valence-corrected chi connectivity index (χ1v) is 5.76. The Hall–Kier alpha value is -2.06. The zero-order chi connectivity index (χ0) is 15.1. The third-order valence-corrected chi connectivity index (χ3v) is 1.54. The Morgan fingerprint density at radius 1 is 0.750 bits per heavy atom. The van der Waals surface area contributed by atoms with E-state index in [1.807, 2.05) is 0 Å². The van der Waals surface area contributed by atoms with Gasteiger partial charge in [-0.15, -0.1) is 13.2 Å². The van der Waals surface area contributed by atoms with Crippen molar-refractivity contribution >= 4 is 12.3 Å². The molecule has 0 aliphatic carbocycles. The Morgan fingerprint density at radius 2 is 1.15 bits per heavy atom. The molecule has 0 aromatic carbocycles. The molecule has 0 atom stereocenters. The van der Waals surface area contributed by atoms with Gasteiger partial charge in [-0.3, -0.25) is 0 Å². The minimum Gasteiger partial charge on any atom is -0.429 e. The molecule has 0 unspecified atom stereocenters. The van der Waals surface area contributed by atoms with Crippen molar-refractivity contribution in [1.82, 2.24) is 0 Å². The van der Waals surface area contributed by atoms with Gasteiger partial charge >= 0.3 is 12.3 Å². The van der Waals surface area contributed by atoms with E-state index < -0.39 is 12.3 Å². The molecular formula is C12H18O8. The SMILES string of the molecule is C=CCOCCOC(=O)OOC(=O)OCCOCC=C. The van der Waals surface area contributed by atoms with Gasteiger partial charge < -0.3 is 18.9 Å². The monoisotopic (exact) mass is 290 g/mol. The van der Waals surface area contributed by atoms with Crippen molar-refractivity contribution in [2.75, 3.05) is 39.6 Å². The molecule has 0 saturated heterocycles. The van der Waals surface area contributed by atoms with E-state index in [1.165, 1.54) is 0 Å². The highest BCUT2D eigenvalue weighted by molar-refractivity contribution is 5.63. The van der Waals surface area contributed by atoms with Gasteiger partial charge in [0.15, 0.2) is 0 Å². The molecule has 0 radical (unpaired) electrons. The fraction of sp³-hybridized carbons (Fsp3) is 0.500. The normalized spacial score (nSPS) is 9.40. The van der Waals surface area contributed by atoms with Crippen molar-refractivity contribution in [2.24, 2.45) is 0 Å². The van der Waals surface area contributed by atoms with Crippen LogP contribution in [0.25, 0.3) is 0 Å². The summed E-state index contributed by atoms with van der Waals surface area (Å²) >= 11 is 0. The van der Waals surface area contributed by atoms with Crippen molar-refractivity contribution in [2.45, 2.75) is 0 Å². The van der Waals surface area contributed by atoms with Crippen LogP contribution in [0.3, 0.4) is 0 Å². The van der Waals surface area contributed by atoms with Crippen LogP contribution < -0.4 is 0 Å². The number of carbonyl (C=O) groups excluding carboxylic acids is 2. The number of hydrogen-bond acceptors (Lipinski definition) is 8. The fourth-order valence-corrected chi connectivity index (χ4v) is 0.817. The Balaban J connectivity index is 3.41. The molecule has 0 aromatic rings. The van der Waals surface area contributed by atoms with Crippen LogP contribution in [0.2, 0.25) is 0 Å². The number of carbonyl (C=O) groups is 2. The number of hydrogen-bond donors (Lipinski definition) is 0. The molecule has 8 heteroatoms. The van der Waals surface area contributed by atoms with Crippen molar-refractivity contribution in [3.63, 3.8) is 0 Å². The highest BCUT2D eigenvalue weighted by Crippen LogP contribution is 1.92. The van der Waals surface area contributed by atoms with Crippen LogP contribution in [0.1, 0.15) is 0 Å². The van der Waals surface area contributed by atoms with Gasteiger partial charge in [-0.2, -0.15) is 19.4 Å². The van der Waals surface area contributed by atoms with E-state index in [1.54, 1.807) is 12.2 Å². The summed E-state index contributed by atoms with van der Waals surface area (Å²) in [6.45, 7) is 7.83. The maximum atomic E-state index is 10.9. The van der Waals surface area contributed by atoms with Crippen LogP contribution in [0.15, 0.2) is 25.3 Å². The second-order valence-corrected chi connectivity index (χ2v) is 3.09. The highest BCUT2D eigenvalue weighted by Gasteiger charge is 2.11. The number of rotatable bonds is 10. The van der Waals surface area contributed by atoms with E-state index in [4.69, 9.17) is 9.47 Å². The lowest BCUT2D eigenvalue weighted by atomic mass is 10.7.